The van der Waals surface area contributed by atoms with E-state index in [2.05, 4.69) is 27.3 Å². The predicted octanol–water partition coefficient (Wildman–Crippen LogP) is 2.15. The van der Waals surface area contributed by atoms with Gasteiger partial charge in [0.15, 0.2) is 0 Å². The molecule has 98 valence electrons. The molecule has 5 heteroatoms. The highest BCUT2D eigenvalue weighted by atomic mass is 15.2. The van der Waals surface area contributed by atoms with Crippen LogP contribution >= 0.6 is 0 Å². The van der Waals surface area contributed by atoms with Gasteiger partial charge in [-0.25, -0.2) is 4.98 Å². The fourth-order valence-electron chi connectivity index (χ4n) is 2.12. The average Bonchev–Trinajstić information content (AvgIpc) is 3.01. The number of benzene rings is 1. The van der Waals surface area contributed by atoms with Crippen LogP contribution in [0.15, 0.2) is 36.7 Å². The molecule has 0 saturated carbocycles. The van der Waals surface area contributed by atoms with Crippen LogP contribution < -0.4 is 5.32 Å². The quantitative estimate of drug-likeness (QED) is 0.751. The van der Waals surface area contributed by atoms with Crippen molar-refractivity contribution in [2.24, 2.45) is 7.05 Å². The first-order chi connectivity index (χ1) is 9.22. The van der Waals surface area contributed by atoms with Gasteiger partial charge in [0, 0.05) is 24.8 Å². The van der Waals surface area contributed by atoms with Gasteiger partial charge in [0.05, 0.1) is 23.8 Å². The van der Waals surface area contributed by atoms with E-state index in [0.29, 0.717) is 6.54 Å². The molecule has 3 aromatic rings. The highest BCUT2D eigenvalue weighted by Crippen LogP contribution is 2.13. The molecule has 0 fully saturated rings. The zero-order chi connectivity index (χ0) is 13.2. The number of aromatic nitrogens is 4. The molecule has 5 nitrogen and oxygen atoms in total. The molecule has 2 N–H and O–H groups in total. The van der Waals surface area contributed by atoms with Crippen LogP contribution in [0.5, 0.6) is 0 Å². The van der Waals surface area contributed by atoms with Gasteiger partial charge in [-0.3, -0.25) is 4.68 Å². The van der Waals surface area contributed by atoms with Gasteiger partial charge in [-0.1, -0.05) is 12.1 Å². The van der Waals surface area contributed by atoms with Crippen molar-refractivity contribution in [2.45, 2.75) is 19.5 Å². The van der Waals surface area contributed by atoms with Crippen molar-refractivity contribution in [3.05, 3.63) is 48.0 Å². The lowest BCUT2D eigenvalue weighted by Gasteiger charge is -2.10. The molecular weight excluding hydrogens is 238 g/mol. The first-order valence-electron chi connectivity index (χ1n) is 6.38. The lowest BCUT2D eigenvalue weighted by atomic mass is 10.2. The molecule has 0 aliphatic rings. The molecule has 19 heavy (non-hydrogen) atoms. The molecule has 2 aromatic heterocycles. The Hall–Kier alpha value is -2.14. The Morgan fingerprint density at radius 3 is 2.95 bits per heavy atom. The Morgan fingerprint density at radius 1 is 1.37 bits per heavy atom. The van der Waals surface area contributed by atoms with Crippen LogP contribution in [0.1, 0.15) is 24.4 Å². The topological polar surface area (TPSA) is 58.5 Å². The number of fused-ring (bicyclic) bond motifs is 1. The number of hydrogen-bond acceptors (Lipinski definition) is 3. The van der Waals surface area contributed by atoms with Crippen molar-refractivity contribution in [3.8, 4) is 0 Å². The number of nitrogens with one attached hydrogen (secondary N) is 2. The summed E-state index contributed by atoms with van der Waals surface area (Å²) in [6.07, 6.45) is 3.91. The van der Waals surface area contributed by atoms with Gasteiger partial charge in [-0.05, 0) is 19.1 Å². The van der Waals surface area contributed by atoms with E-state index in [4.69, 9.17) is 0 Å². The van der Waals surface area contributed by atoms with Gasteiger partial charge >= 0.3 is 0 Å². The maximum absolute atomic E-state index is 4.54. The monoisotopic (exact) mass is 255 g/mol. The van der Waals surface area contributed by atoms with Gasteiger partial charge < -0.3 is 10.3 Å². The summed E-state index contributed by atoms with van der Waals surface area (Å²) in [7, 11) is 1.93. The van der Waals surface area contributed by atoms with Gasteiger partial charge in [0.25, 0.3) is 0 Å². The Balaban J connectivity index is 1.68. The second-order valence-corrected chi connectivity index (χ2v) is 4.75. The van der Waals surface area contributed by atoms with E-state index in [9.17, 15) is 0 Å². The highest BCUT2D eigenvalue weighted by Gasteiger charge is 2.08. The molecule has 0 aliphatic heterocycles. The number of rotatable bonds is 4. The Kier molecular flexibility index (Phi) is 3.05. The van der Waals surface area contributed by atoms with E-state index in [0.717, 1.165) is 16.9 Å². The summed E-state index contributed by atoms with van der Waals surface area (Å²) < 4.78 is 1.81. The lowest BCUT2D eigenvalue weighted by Crippen LogP contribution is -2.18. The zero-order valence-corrected chi connectivity index (χ0v) is 11.1. The number of aromatic amines is 1. The molecule has 1 unspecified atom stereocenters. The van der Waals surface area contributed by atoms with Gasteiger partial charge in [-0.15, -0.1) is 0 Å². The summed E-state index contributed by atoms with van der Waals surface area (Å²) in [6, 6.07) is 8.31. The second kappa shape index (κ2) is 4.85. The summed E-state index contributed by atoms with van der Waals surface area (Å²) in [4.78, 5) is 7.86. The van der Waals surface area contributed by atoms with Crippen molar-refractivity contribution in [2.75, 3.05) is 0 Å². The Bertz CT molecular complexity index is 649. The minimum absolute atomic E-state index is 0.252. The van der Waals surface area contributed by atoms with Crippen LogP contribution in [0.4, 0.5) is 0 Å². The van der Waals surface area contributed by atoms with E-state index in [1.54, 1.807) is 0 Å². The van der Waals surface area contributed by atoms with E-state index in [1.807, 2.05) is 48.4 Å². The van der Waals surface area contributed by atoms with Gasteiger partial charge in [-0.2, -0.15) is 5.10 Å². The third-order valence-corrected chi connectivity index (χ3v) is 3.24. The van der Waals surface area contributed by atoms with Crippen molar-refractivity contribution in [1.82, 2.24) is 25.1 Å². The maximum atomic E-state index is 4.54. The Labute approximate surface area is 111 Å². The standard InChI is InChI=1S/C14H17N5/c1-10(11-7-16-19(2)9-11)15-8-14-17-12-5-3-4-6-13(12)18-14/h3-7,9-10,15H,8H2,1-2H3,(H,17,18). The predicted molar refractivity (Wildman–Crippen MR) is 74.6 cm³/mol. The molecule has 0 radical (unpaired) electrons. The van der Waals surface area contributed by atoms with Crippen molar-refractivity contribution in [3.63, 3.8) is 0 Å². The lowest BCUT2D eigenvalue weighted by molar-refractivity contribution is 0.562. The zero-order valence-electron chi connectivity index (χ0n) is 11.1. The van der Waals surface area contributed by atoms with Crippen molar-refractivity contribution < 1.29 is 0 Å². The molecule has 0 saturated heterocycles. The van der Waals surface area contributed by atoms with Crippen LogP contribution in [0, 0.1) is 0 Å². The van der Waals surface area contributed by atoms with Crippen LogP contribution in [0.3, 0.4) is 0 Å². The summed E-state index contributed by atoms with van der Waals surface area (Å²) in [5.74, 6) is 0.956. The van der Waals surface area contributed by atoms with Crippen molar-refractivity contribution >= 4 is 11.0 Å². The maximum Gasteiger partial charge on any atom is 0.121 e. The van der Waals surface area contributed by atoms with E-state index >= 15 is 0 Å². The number of H-pyrrole nitrogens is 1. The molecule has 3 rings (SSSR count). The number of aryl methyl sites for hydroxylation is 1. The normalized spacial score (nSPS) is 12.9. The summed E-state index contributed by atoms with van der Waals surface area (Å²) in [6.45, 7) is 2.84. The first-order valence-corrected chi connectivity index (χ1v) is 6.38. The molecule has 0 bridgehead atoms. The SMILES string of the molecule is CC(NCc1nc2ccccc2[nH]1)c1cnn(C)c1. The Morgan fingerprint density at radius 2 is 2.21 bits per heavy atom. The third kappa shape index (κ3) is 2.51. The minimum atomic E-state index is 0.252. The molecule has 0 spiro atoms. The first kappa shape index (κ1) is 11.9. The largest absolute Gasteiger partial charge is 0.341 e. The van der Waals surface area contributed by atoms with Crippen LogP contribution in [0.25, 0.3) is 11.0 Å². The van der Waals surface area contributed by atoms with Gasteiger partial charge in [0.2, 0.25) is 0 Å². The fraction of sp³-hybridized carbons (Fsp3) is 0.286. The van der Waals surface area contributed by atoms with Crippen LogP contribution in [-0.4, -0.2) is 19.7 Å². The smallest absolute Gasteiger partial charge is 0.121 e. The van der Waals surface area contributed by atoms with Crippen LogP contribution in [-0.2, 0) is 13.6 Å². The van der Waals surface area contributed by atoms with E-state index in [-0.39, 0.29) is 6.04 Å². The second-order valence-electron chi connectivity index (χ2n) is 4.75. The molecule has 1 atom stereocenters. The highest BCUT2D eigenvalue weighted by molar-refractivity contribution is 5.74. The number of nitrogens with zero attached hydrogens (tertiary/aromatic N) is 3. The van der Waals surface area contributed by atoms with Crippen molar-refractivity contribution in [1.29, 1.82) is 0 Å². The fourth-order valence-corrected chi connectivity index (χ4v) is 2.12. The van der Waals surface area contributed by atoms with Gasteiger partial charge in [0.1, 0.15) is 5.82 Å². The van der Waals surface area contributed by atoms with E-state index < -0.39 is 0 Å². The summed E-state index contributed by atoms with van der Waals surface area (Å²) >= 11 is 0. The molecule has 0 amide bonds. The minimum Gasteiger partial charge on any atom is -0.341 e. The number of para-hydroxylation sites is 2. The molecular formula is C14H17N5. The molecule has 0 aliphatic carbocycles. The number of imidazole rings is 1. The number of hydrogen-bond donors (Lipinski definition) is 2. The molecule has 1 aromatic carbocycles. The van der Waals surface area contributed by atoms with E-state index in [1.165, 1.54) is 5.56 Å². The van der Waals surface area contributed by atoms with Crippen LogP contribution in [0.2, 0.25) is 0 Å². The average molecular weight is 255 g/mol. The third-order valence-electron chi connectivity index (χ3n) is 3.24. The summed E-state index contributed by atoms with van der Waals surface area (Å²) in [5, 5.41) is 7.62. The molecule has 2 heterocycles. The summed E-state index contributed by atoms with van der Waals surface area (Å²) in [5.41, 5.74) is 3.26.